The zero-order valence-corrected chi connectivity index (χ0v) is 15.5. The molecule has 1 aliphatic carbocycles. The van der Waals surface area contributed by atoms with Gasteiger partial charge in [0.1, 0.15) is 11.5 Å². The van der Waals surface area contributed by atoms with Crippen molar-refractivity contribution in [2.24, 2.45) is 0 Å². The third kappa shape index (κ3) is 3.83. The minimum absolute atomic E-state index is 0.237. The number of fused-ring (bicyclic) bond motifs is 1. The number of thiophene rings is 1. The summed E-state index contributed by atoms with van der Waals surface area (Å²) in [5.74, 6) is -0.180. The number of ether oxygens (including phenoxy) is 2. The van der Waals surface area contributed by atoms with Crippen molar-refractivity contribution in [3.8, 4) is 11.5 Å². The molecule has 1 aromatic carbocycles. The van der Waals surface area contributed by atoms with E-state index in [2.05, 4.69) is 5.32 Å². The second-order valence-electron chi connectivity index (χ2n) is 6.14. The van der Waals surface area contributed by atoms with E-state index in [0.717, 1.165) is 19.3 Å². The summed E-state index contributed by atoms with van der Waals surface area (Å²) in [7, 11) is 3.04. The van der Waals surface area contributed by atoms with E-state index in [9.17, 15) is 14.7 Å². The number of carboxylic acid groups (broad SMARTS) is 1. The van der Waals surface area contributed by atoms with Crippen LogP contribution in [0.15, 0.2) is 24.3 Å². The predicted molar refractivity (Wildman–Crippen MR) is 98.4 cm³/mol. The Kier molecular flexibility index (Phi) is 5.46. The standard InChI is InChI=1S/C19H21NO5S/c1-24-12-6-7-13(15(9-12)25-2)14(10-18(21)22)20-19(23)17-8-11-4-3-5-16(11)26-17/h6-9,14H,3-5,10H2,1-2H3,(H,20,23)(H,21,22). The van der Waals surface area contributed by atoms with Crippen molar-refractivity contribution < 1.29 is 24.2 Å². The Labute approximate surface area is 155 Å². The number of methoxy groups -OCH3 is 2. The fourth-order valence-corrected chi connectivity index (χ4v) is 4.35. The largest absolute Gasteiger partial charge is 0.497 e. The van der Waals surface area contributed by atoms with Crippen LogP contribution in [0, 0.1) is 0 Å². The highest BCUT2D eigenvalue weighted by molar-refractivity contribution is 7.14. The van der Waals surface area contributed by atoms with Crippen LogP contribution in [0.4, 0.5) is 0 Å². The number of hydrogen-bond donors (Lipinski definition) is 2. The molecule has 7 heteroatoms. The maximum Gasteiger partial charge on any atom is 0.305 e. The van der Waals surface area contributed by atoms with Crippen molar-refractivity contribution in [3.05, 3.63) is 45.1 Å². The Hall–Kier alpha value is -2.54. The SMILES string of the molecule is COc1ccc(C(CC(=O)O)NC(=O)c2cc3c(s2)CCC3)c(OC)c1. The molecule has 26 heavy (non-hydrogen) atoms. The van der Waals surface area contributed by atoms with Crippen molar-refractivity contribution in [2.75, 3.05) is 14.2 Å². The van der Waals surface area contributed by atoms with Gasteiger partial charge < -0.3 is 19.9 Å². The number of aryl methyl sites for hydroxylation is 2. The summed E-state index contributed by atoms with van der Waals surface area (Å²) in [6.07, 6.45) is 2.91. The van der Waals surface area contributed by atoms with E-state index in [0.29, 0.717) is 21.9 Å². The van der Waals surface area contributed by atoms with Crippen LogP contribution < -0.4 is 14.8 Å². The van der Waals surface area contributed by atoms with Crippen LogP contribution in [0.1, 0.15) is 44.6 Å². The summed E-state index contributed by atoms with van der Waals surface area (Å²) in [4.78, 5) is 25.9. The van der Waals surface area contributed by atoms with Gasteiger partial charge in [-0.1, -0.05) is 0 Å². The first-order chi connectivity index (χ1) is 12.5. The topological polar surface area (TPSA) is 84.9 Å². The second-order valence-corrected chi connectivity index (χ2v) is 7.28. The molecule has 0 saturated carbocycles. The molecule has 0 radical (unpaired) electrons. The lowest BCUT2D eigenvalue weighted by molar-refractivity contribution is -0.137. The Bertz CT molecular complexity index is 808. The summed E-state index contributed by atoms with van der Waals surface area (Å²) >= 11 is 1.49. The fourth-order valence-electron chi connectivity index (χ4n) is 3.19. The molecule has 0 saturated heterocycles. The summed E-state index contributed by atoms with van der Waals surface area (Å²) in [5, 5.41) is 12.1. The molecule has 0 aliphatic heterocycles. The van der Waals surface area contributed by atoms with Crippen LogP contribution in [0.25, 0.3) is 0 Å². The molecule has 1 aliphatic rings. The summed E-state index contributed by atoms with van der Waals surface area (Å²) in [6, 6.07) is 6.35. The minimum Gasteiger partial charge on any atom is -0.497 e. The molecule has 2 aromatic rings. The third-order valence-corrected chi connectivity index (χ3v) is 5.71. The summed E-state index contributed by atoms with van der Waals surface area (Å²) in [6.45, 7) is 0. The molecular formula is C19H21NO5S. The van der Waals surface area contributed by atoms with Crippen molar-refractivity contribution in [3.63, 3.8) is 0 Å². The van der Waals surface area contributed by atoms with E-state index in [-0.39, 0.29) is 12.3 Å². The molecule has 0 fully saturated rings. The lowest BCUT2D eigenvalue weighted by Crippen LogP contribution is -2.30. The van der Waals surface area contributed by atoms with Crippen molar-refractivity contribution in [1.82, 2.24) is 5.32 Å². The molecule has 1 aromatic heterocycles. The summed E-state index contributed by atoms with van der Waals surface area (Å²) in [5.41, 5.74) is 1.84. The van der Waals surface area contributed by atoms with Gasteiger partial charge in [0.2, 0.25) is 0 Å². The molecule has 1 amide bonds. The maximum absolute atomic E-state index is 12.7. The van der Waals surface area contributed by atoms with Crippen LogP contribution in [0.2, 0.25) is 0 Å². The van der Waals surface area contributed by atoms with Crippen LogP contribution in [-0.4, -0.2) is 31.2 Å². The number of hydrogen-bond acceptors (Lipinski definition) is 5. The zero-order chi connectivity index (χ0) is 18.7. The number of amides is 1. The minimum atomic E-state index is -0.998. The second kappa shape index (κ2) is 7.78. The Morgan fingerprint density at radius 3 is 2.69 bits per heavy atom. The quantitative estimate of drug-likeness (QED) is 0.776. The van der Waals surface area contributed by atoms with Gasteiger partial charge in [-0.3, -0.25) is 9.59 Å². The van der Waals surface area contributed by atoms with E-state index < -0.39 is 12.0 Å². The predicted octanol–water partition coefficient (Wildman–Crippen LogP) is 3.20. The van der Waals surface area contributed by atoms with E-state index in [1.165, 1.54) is 28.9 Å². The number of carbonyl (C=O) groups excluding carboxylic acids is 1. The van der Waals surface area contributed by atoms with Crippen molar-refractivity contribution in [2.45, 2.75) is 31.7 Å². The first-order valence-electron chi connectivity index (χ1n) is 8.38. The van der Waals surface area contributed by atoms with E-state index in [1.807, 2.05) is 6.07 Å². The van der Waals surface area contributed by atoms with Gasteiger partial charge in [0.25, 0.3) is 5.91 Å². The number of aliphatic carboxylic acids is 1. The molecule has 0 bridgehead atoms. The van der Waals surface area contributed by atoms with Crippen LogP contribution in [0.5, 0.6) is 11.5 Å². The fraction of sp³-hybridized carbons (Fsp3) is 0.368. The van der Waals surface area contributed by atoms with E-state index in [1.54, 1.807) is 25.3 Å². The Balaban J connectivity index is 1.86. The zero-order valence-electron chi connectivity index (χ0n) is 14.7. The molecular weight excluding hydrogens is 354 g/mol. The monoisotopic (exact) mass is 375 g/mol. The molecule has 1 atom stereocenters. The van der Waals surface area contributed by atoms with Gasteiger partial charge >= 0.3 is 5.97 Å². The first-order valence-corrected chi connectivity index (χ1v) is 9.19. The molecule has 1 unspecified atom stereocenters. The molecule has 0 spiro atoms. The molecule has 1 heterocycles. The Morgan fingerprint density at radius 1 is 1.23 bits per heavy atom. The number of nitrogens with one attached hydrogen (secondary N) is 1. The van der Waals surface area contributed by atoms with Gasteiger partial charge in [-0.15, -0.1) is 11.3 Å². The van der Waals surface area contributed by atoms with Crippen molar-refractivity contribution in [1.29, 1.82) is 0 Å². The average molecular weight is 375 g/mol. The molecule has 6 nitrogen and oxygen atoms in total. The summed E-state index contributed by atoms with van der Waals surface area (Å²) < 4.78 is 10.5. The van der Waals surface area contributed by atoms with Gasteiger partial charge in [0.15, 0.2) is 0 Å². The van der Waals surface area contributed by atoms with Gasteiger partial charge in [0, 0.05) is 16.5 Å². The van der Waals surface area contributed by atoms with E-state index >= 15 is 0 Å². The maximum atomic E-state index is 12.7. The number of carbonyl (C=O) groups is 2. The van der Waals surface area contributed by atoms with Crippen molar-refractivity contribution >= 4 is 23.2 Å². The highest BCUT2D eigenvalue weighted by Gasteiger charge is 2.25. The van der Waals surface area contributed by atoms with Crippen LogP contribution in [0.3, 0.4) is 0 Å². The smallest absolute Gasteiger partial charge is 0.305 e. The normalized spacial score (nSPS) is 13.8. The van der Waals surface area contributed by atoms with Gasteiger partial charge in [-0.2, -0.15) is 0 Å². The molecule has 3 rings (SSSR count). The number of carboxylic acids is 1. The van der Waals surface area contributed by atoms with Gasteiger partial charge in [0.05, 0.1) is 31.6 Å². The third-order valence-electron chi connectivity index (χ3n) is 4.47. The van der Waals surface area contributed by atoms with Gasteiger partial charge in [-0.05, 0) is 43.0 Å². The highest BCUT2D eigenvalue weighted by atomic mass is 32.1. The molecule has 138 valence electrons. The molecule has 2 N–H and O–H groups in total. The van der Waals surface area contributed by atoms with Crippen LogP contribution >= 0.6 is 11.3 Å². The Morgan fingerprint density at radius 2 is 2.04 bits per heavy atom. The first kappa shape index (κ1) is 18.3. The highest BCUT2D eigenvalue weighted by Crippen LogP contribution is 2.33. The number of benzene rings is 1. The number of rotatable bonds is 7. The van der Waals surface area contributed by atoms with Gasteiger partial charge in [-0.25, -0.2) is 0 Å². The van der Waals surface area contributed by atoms with Crippen LogP contribution in [-0.2, 0) is 17.6 Å². The van der Waals surface area contributed by atoms with E-state index in [4.69, 9.17) is 9.47 Å². The average Bonchev–Trinajstić information content (AvgIpc) is 3.22. The lowest BCUT2D eigenvalue weighted by atomic mass is 10.0. The lowest BCUT2D eigenvalue weighted by Gasteiger charge is -2.20.